The lowest BCUT2D eigenvalue weighted by Crippen LogP contribution is -2.12. The van der Waals surface area contributed by atoms with Gasteiger partial charge in [-0.15, -0.1) is 0 Å². The largest absolute Gasteiger partial charge is 0.377 e. The van der Waals surface area contributed by atoms with E-state index in [1.165, 1.54) is 7.11 Å². The molecule has 0 N–H and O–H groups in total. The van der Waals surface area contributed by atoms with Gasteiger partial charge in [-0.1, -0.05) is 0 Å². The molecule has 17 heavy (non-hydrogen) atoms. The summed E-state index contributed by atoms with van der Waals surface area (Å²) in [4.78, 5) is 20.8. The third-order valence-corrected chi connectivity index (χ3v) is 1.98. The number of halogens is 2. The summed E-state index contributed by atoms with van der Waals surface area (Å²) in [6.07, 6.45) is -0.446. The van der Waals surface area contributed by atoms with E-state index >= 15 is 0 Å². The van der Waals surface area contributed by atoms with Crippen molar-refractivity contribution in [3.05, 3.63) is 39.4 Å². The summed E-state index contributed by atoms with van der Waals surface area (Å²) in [5.41, 5.74) is -1.18. The van der Waals surface area contributed by atoms with E-state index in [-0.39, 0.29) is 12.2 Å². The molecule has 0 saturated carbocycles. The molecule has 7 heteroatoms. The number of carbonyl (C=O) groups is 1. The number of ketones is 1. The Morgan fingerprint density at radius 3 is 2.65 bits per heavy atom. The van der Waals surface area contributed by atoms with Crippen LogP contribution in [0.4, 0.5) is 14.5 Å². The van der Waals surface area contributed by atoms with Crippen molar-refractivity contribution in [2.45, 2.75) is 6.42 Å². The van der Waals surface area contributed by atoms with Crippen LogP contribution in [0.15, 0.2) is 12.1 Å². The van der Waals surface area contributed by atoms with Crippen LogP contribution in [0.5, 0.6) is 0 Å². The van der Waals surface area contributed by atoms with Crippen LogP contribution in [0.25, 0.3) is 0 Å². The Bertz CT molecular complexity index is 462. The third kappa shape index (κ3) is 3.28. The SMILES string of the molecule is COCC(=O)Cc1cc(F)cc(F)c1[N+](=O)[O-]. The average molecular weight is 245 g/mol. The summed E-state index contributed by atoms with van der Waals surface area (Å²) in [6, 6.07) is 1.18. The van der Waals surface area contributed by atoms with Crippen molar-refractivity contribution in [3.8, 4) is 0 Å². The lowest BCUT2D eigenvalue weighted by Gasteiger charge is -2.03. The first-order valence-electron chi connectivity index (χ1n) is 4.58. The van der Waals surface area contributed by atoms with Crippen LogP contribution in [-0.2, 0) is 16.0 Å². The fourth-order valence-corrected chi connectivity index (χ4v) is 1.38. The highest BCUT2D eigenvalue weighted by Crippen LogP contribution is 2.24. The Labute approximate surface area is 95.2 Å². The molecule has 0 radical (unpaired) electrons. The number of nitro groups is 1. The second-order valence-corrected chi connectivity index (χ2v) is 3.30. The zero-order chi connectivity index (χ0) is 13.0. The fraction of sp³-hybridized carbons (Fsp3) is 0.300. The van der Waals surface area contributed by atoms with Crippen LogP contribution >= 0.6 is 0 Å². The van der Waals surface area contributed by atoms with Gasteiger partial charge in [0.15, 0.2) is 5.78 Å². The standard InChI is InChI=1S/C10H9F2NO4/c1-17-5-8(14)3-6-2-7(11)4-9(12)10(6)13(15)16/h2,4H,3,5H2,1H3. The topological polar surface area (TPSA) is 69.4 Å². The Kier molecular flexibility index (Phi) is 4.22. The van der Waals surface area contributed by atoms with Gasteiger partial charge in [0, 0.05) is 25.2 Å². The lowest BCUT2D eigenvalue weighted by molar-refractivity contribution is -0.388. The zero-order valence-electron chi connectivity index (χ0n) is 8.91. The minimum atomic E-state index is -1.30. The fourth-order valence-electron chi connectivity index (χ4n) is 1.38. The van der Waals surface area contributed by atoms with Gasteiger partial charge in [0.25, 0.3) is 0 Å². The lowest BCUT2D eigenvalue weighted by atomic mass is 10.1. The number of ether oxygens (including phenoxy) is 1. The maximum absolute atomic E-state index is 13.2. The molecule has 0 heterocycles. The molecule has 0 aromatic heterocycles. The van der Waals surface area contributed by atoms with Gasteiger partial charge in [0.1, 0.15) is 12.4 Å². The molecule has 0 atom stereocenters. The summed E-state index contributed by atoms with van der Waals surface area (Å²) >= 11 is 0. The predicted octanol–water partition coefficient (Wildman–Crippen LogP) is 1.63. The molecule has 0 aliphatic heterocycles. The van der Waals surface area contributed by atoms with Gasteiger partial charge in [-0.25, -0.2) is 4.39 Å². The monoisotopic (exact) mass is 245 g/mol. The van der Waals surface area contributed by atoms with Crippen LogP contribution in [0.2, 0.25) is 0 Å². The molecule has 0 amide bonds. The Balaban J connectivity index is 3.12. The van der Waals surface area contributed by atoms with Crippen LogP contribution in [0.1, 0.15) is 5.56 Å². The Morgan fingerprint density at radius 2 is 2.12 bits per heavy atom. The van der Waals surface area contributed by atoms with Crippen molar-refractivity contribution in [1.82, 2.24) is 0 Å². The van der Waals surface area contributed by atoms with Crippen molar-refractivity contribution in [1.29, 1.82) is 0 Å². The van der Waals surface area contributed by atoms with Crippen molar-refractivity contribution >= 4 is 11.5 Å². The highest BCUT2D eigenvalue weighted by atomic mass is 19.1. The summed E-state index contributed by atoms with van der Waals surface area (Å²) < 4.78 is 30.6. The quantitative estimate of drug-likeness (QED) is 0.584. The number of rotatable bonds is 5. The van der Waals surface area contributed by atoms with Gasteiger partial charge in [0.2, 0.25) is 5.82 Å². The summed E-state index contributed by atoms with van der Waals surface area (Å²) in [5.74, 6) is -2.76. The second-order valence-electron chi connectivity index (χ2n) is 3.30. The minimum absolute atomic E-state index is 0.269. The van der Waals surface area contributed by atoms with Crippen LogP contribution in [0, 0.1) is 21.7 Å². The molecular weight excluding hydrogens is 236 g/mol. The highest BCUT2D eigenvalue weighted by molar-refractivity contribution is 5.83. The number of Topliss-reactive ketones (excluding diaryl/α,β-unsaturated/α-hetero) is 1. The second kappa shape index (κ2) is 5.44. The van der Waals surface area contributed by atoms with Gasteiger partial charge in [-0.2, -0.15) is 4.39 Å². The molecule has 5 nitrogen and oxygen atoms in total. The maximum Gasteiger partial charge on any atom is 0.308 e. The predicted molar refractivity (Wildman–Crippen MR) is 53.6 cm³/mol. The number of carbonyl (C=O) groups excluding carboxylic acids is 1. The van der Waals surface area contributed by atoms with Gasteiger partial charge in [-0.05, 0) is 6.07 Å². The Morgan fingerprint density at radius 1 is 1.47 bits per heavy atom. The number of nitrogens with zero attached hydrogens (tertiary/aromatic N) is 1. The number of benzene rings is 1. The third-order valence-electron chi connectivity index (χ3n) is 1.98. The molecule has 0 fully saturated rings. The summed E-state index contributed by atoms with van der Waals surface area (Å²) in [7, 11) is 1.28. The van der Waals surface area contributed by atoms with E-state index in [1.54, 1.807) is 0 Å². The van der Waals surface area contributed by atoms with Crippen molar-refractivity contribution in [2.24, 2.45) is 0 Å². The van der Waals surface area contributed by atoms with E-state index < -0.39 is 34.4 Å². The first-order valence-corrected chi connectivity index (χ1v) is 4.58. The number of hydrogen-bond donors (Lipinski definition) is 0. The number of nitro benzene ring substituents is 1. The molecule has 92 valence electrons. The van der Waals surface area contributed by atoms with E-state index in [1.807, 2.05) is 0 Å². The van der Waals surface area contributed by atoms with E-state index in [4.69, 9.17) is 0 Å². The van der Waals surface area contributed by atoms with Crippen LogP contribution in [-0.4, -0.2) is 24.4 Å². The van der Waals surface area contributed by atoms with E-state index in [0.29, 0.717) is 6.07 Å². The molecule has 0 aliphatic rings. The zero-order valence-corrected chi connectivity index (χ0v) is 8.91. The molecule has 0 unspecified atom stereocenters. The average Bonchev–Trinajstić information content (AvgIpc) is 2.15. The van der Waals surface area contributed by atoms with Gasteiger partial charge in [0.05, 0.1) is 4.92 Å². The smallest absolute Gasteiger partial charge is 0.308 e. The normalized spacial score (nSPS) is 10.3. The maximum atomic E-state index is 13.2. The van der Waals surface area contributed by atoms with Crippen molar-refractivity contribution < 1.29 is 23.2 Å². The molecule has 0 saturated heterocycles. The van der Waals surface area contributed by atoms with E-state index in [2.05, 4.69) is 4.74 Å². The first-order chi connectivity index (χ1) is 7.95. The first kappa shape index (κ1) is 13.2. The van der Waals surface area contributed by atoms with Crippen molar-refractivity contribution in [3.63, 3.8) is 0 Å². The van der Waals surface area contributed by atoms with Gasteiger partial charge >= 0.3 is 5.69 Å². The Hall–Kier alpha value is -1.89. The number of methoxy groups -OCH3 is 1. The molecule has 0 bridgehead atoms. The molecule has 1 aromatic carbocycles. The minimum Gasteiger partial charge on any atom is -0.377 e. The van der Waals surface area contributed by atoms with Gasteiger partial charge in [-0.3, -0.25) is 14.9 Å². The highest BCUT2D eigenvalue weighted by Gasteiger charge is 2.23. The van der Waals surface area contributed by atoms with Crippen LogP contribution in [0.3, 0.4) is 0 Å². The summed E-state index contributed by atoms with van der Waals surface area (Å²) in [5, 5.41) is 10.6. The summed E-state index contributed by atoms with van der Waals surface area (Å²) in [6.45, 7) is -0.269. The van der Waals surface area contributed by atoms with Gasteiger partial charge < -0.3 is 4.74 Å². The van der Waals surface area contributed by atoms with E-state index in [0.717, 1.165) is 6.07 Å². The molecule has 0 aliphatic carbocycles. The van der Waals surface area contributed by atoms with Crippen LogP contribution < -0.4 is 0 Å². The molecular formula is C10H9F2NO4. The molecule has 1 aromatic rings. The molecule has 1 rings (SSSR count). The molecule has 0 spiro atoms. The van der Waals surface area contributed by atoms with E-state index in [9.17, 15) is 23.7 Å². The van der Waals surface area contributed by atoms with Crippen molar-refractivity contribution in [2.75, 3.05) is 13.7 Å². The number of hydrogen-bond acceptors (Lipinski definition) is 4.